The highest BCUT2D eigenvalue weighted by Gasteiger charge is 1.94. The molecule has 0 saturated carbocycles. The normalized spacial score (nSPS) is 10.6. The Morgan fingerprint density at radius 1 is 1.11 bits per heavy atom. The first-order valence-electron chi connectivity index (χ1n) is 6.48. The molecule has 1 aromatic carbocycles. The van der Waals surface area contributed by atoms with Crippen LogP contribution in [0.1, 0.15) is 6.42 Å². The van der Waals surface area contributed by atoms with Crippen molar-refractivity contribution >= 4 is 15.9 Å². The number of halogens is 1. The first-order chi connectivity index (χ1) is 9.33. The van der Waals surface area contributed by atoms with E-state index < -0.39 is 0 Å². The van der Waals surface area contributed by atoms with E-state index in [2.05, 4.69) is 21.2 Å². The van der Waals surface area contributed by atoms with Crippen LogP contribution in [0, 0.1) is 0 Å². The second kappa shape index (κ2) is 11.2. The van der Waals surface area contributed by atoms with E-state index in [0.29, 0.717) is 19.8 Å². The molecule has 0 heterocycles. The Labute approximate surface area is 123 Å². The highest BCUT2D eigenvalue weighted by molar-refractivity contribution is 9.10. The van der Waals surface area contributed by atoms with E-state index in [0.717, 1.165) is 36.3 Å². The van der Waals surface area contributed by atoms with Gasteiger partial charge >= 0.3 is 0 Å². The van der Waals surface area contributed by atoms with Gasteiger partial charge in [-0.2, -0.15) is 0 Å². The Morgan fingerprint density at radius 3 is 2.79 bits per heavy atom. The number of nitrogens with one attached hydrogen (secondary N) is 1. The number of rotatable bonds is 11. The molecular formula is C14H22BrNO3. The van der Waals surface area contributed by atoms with Gasteiger partial charge in [-0.1, -0.05) is 22.0 Å². The maximum Gasteiger partial charge on any atom is 0.120 e. The molecule has 0 aliphatic rings. The van der Waals surface area contributed by atoms with Crippen LogP contribution in [0.5, 0.6) is 5.75 Å². The Bertz CT molecular complexity index is 336. The van der Waals surface area contributed by atoms with Gasteiger partial charge in [-0.15, -0.1) is 0 Å². The molecule has 0 fully saturated rings. The minimum Gasteiger partial charge on any atom is -0.492 e. The fourth-order valence-corrected chi connectivity index (χ4v) is 1.84. The smallest absolute Gasteiger partial charge is 0.120 e. The molecule has 108 valence electrons. The maximum absolute atomic E-state index is 5.61. The predicted molar refractivity (Wildman–Crippen MR) is 79.8 cm³/mol. The molecule has 5 heteroatoms. The minimum absolute atomic E-state index is 0.661. The Kier molecular flexibility index (Phi) is 9.71. The van der Waals surface area contributed by atoms with E-state index in [-0.39, 0.29) is 0 Å². The summed E-state index contributed by atoms with van der Waals surface area (Å²) < 4.78 is 16.9. The van der Waals surface area contributed by atoms with Crippen LogP contribution in [0.15, 0.2) is 28.7 Å². The predicted octanol–water partition coefficient (Wildman–Crippen LogP) is 2.47. The highest BCUT2D eigenvalue weighted by Crippen LogP contribution is 2.17. The molecule has 1 rings (SSSR count). The lowest BCUT2D eigenvalue weighted by Crippen LogP contribution is -2.23. The van der Waals surface area contributed by atoms with Crippen molar-refractivity contribution in [3.63, 3.8) is 0 Å². The molecule has 19 heavy (non-hydrogen) atoms. The van der Waals surface area contributed by atoms with Gasteiger partial charge in [0.15, 0.2) is 0 Å². The van der Waals surface area contributed by atoms with E-state index in [1.54, 1.807) is 7.11 Å². The number of hydrogen-bond acceptors (Lipinski definition) is 4. The van der Waals surface area contributed by atoms with Gasteiger partial charge in [-0.25, -0.2) is 0 Å². The van der Waals surface area contributed by atoms with E-state index in [1.807, 2.05) is 24.3 Å². The summed E-state index contributed by atoms with van der Waals surface area (Å²) >= 11 is 3.41. The average molecular weight is 332 g/mol. The fraction of sp³-hybridized carbons (Fsp3) is 0.571. The van der Waals surface area contributed by atoms with Crippen molar-refractivity contribution in [2.45, 2.75) is 6.42 Å². The van der Waals surface area contributed by atoms with Crippen LogP contribution < -0.4 is 10.1 Å². The Hall–Kier alpha value is -0.620. The van der Waals surface area contributed by atoms with E-state index >= 15 is 0 Å². The molecule has 0 aromatic heterocycles. The zero-order chi connectivity index (χ0) is 13.8. The molecule has 1 aromatic rings. The summed E-state index contributed by atoms with van der Waals surface area (Å²) in [5.74, 6) is 0.888. The number of hydrogen-bond donors (Lipinski definition) is 1. The van der Waals surface area contributed by atoms with Crippen LogP contribution in [0.4, 0.5) is 0 Å². The summed E-state index contributed by atoms with van der Waals surface area (Å²) in [5, 5.41) is 3.31. The topological polar surface area (TPSA) is 39.7 Å². The quantitative estimate of drug-likeness (QED) is 0.632. The molecule has 4 nitrogen and oxygen atoms in total. The summed E-state index contributed by atoms with van der Waals surface area (Å²) in [6.45, 7) is 4.54. The van der Waals surface area contributed by atoms with Gasteiger partial charge in [-0.05, 0) is 31.2 Å². The second-order valence-corrected chi connectivity index (χ2v) is 4.93. The van der Waals surface area contributed by atoms with Crippen LogP contribution in [0.25, 0.3) is 0 Å². The molecule has 0 aliphatic heterocycles. The summed E-state index contributed by atoms with van der Waals surface area (Å²) in [6, 6.07) is 7.86. The molecule has 0 saturated heterocycles. The lowest BCUT2D eigenvalue weighted by Gasteiger charge is -2.08. The SMILES string of the molecule is COCCOCCCNCCOc1cccc(Br)c1. The van der Waals surface area contributed by atoms with Crippen molar-refractivity contribution in [3.05, 3.63) is 28.7 Å². The van der Waals surface area contributed by atoms with Crippen molar-refractivity contribution in [3.8, 4) is 5.75 Å². The van der Waals surface area contributed by atoms with Gasteiger partial charge in [0.25, 0.3) is 0 Å². The molecule has 0 unspecified atom stereocenters. The monoisotopic (exact) mass is 331 g/mol. The molecule has 0 bridgehead atoms. The molecule has 0 atom stereocenters. The number of benzene rings is 1. The lowest BCUT2D eigenvalue weighted by molar-refractivity contribution is 0.0694. The second-order valence-electron chi connectivity index (χ2n) is 4.01. The first kappa shape index (κ1) is 16.4. The lowest BCUT2D eigenvalue weighted by atomic mass is 10.3. The van der Waals surface area contributed by atoms with Gasteiger partial charge in [0.1, 0.15) is 12.4 Å². The average Bonchev–Trinajstić information content (AvgIpc) is 2.41. The van der Waals surface area contributed by atoms with Crippen LogP contribution in [-0.4, -0.2) is 46.6 Å². The van der Waals surface area contributed by atoms with Crippen LogP contribution in [0.3, 0.4) is 0 Å². The molecule has 0 aliphatic carbocycles. The van der Waals surface area contributed by atoms with Crippen molar-refractivity contribution < 1.29 is 14.2 Å². The summed E-state index contributed by atoms with van der Waals surface area (Å²) in [7, 11) is 1.68. The third-order valence-corrected chi connectivity index (χ3v) is 2.91. The third-order valence-electron chi connectivity index (χ3n) is 2.42. The van der Waals surface area contributed by atoms with E-state index in [4.69, 9.17) is 14.2 Å². The Morgan fingerprint density at radius 2 is 2.00 bits per heavy atom. The van der Waals surface area contributed by atoms with Crippen molar-refractivity contribution in [2.24, 2.45) is 0 Å². The van der Waals surface area contributed by atoms with Gasteiger partial charge in [0, 0.05) is 24.7 Å². The largest absolute Gasteiger partial charge is 0.492 e. The van der Waals surface area contributed by atoms with Crippen molar-refractivity contribution in [1.82, 2.24) is 5.32 Å². The fourth-order valence-electron chi connectivity index (χ4n) is 1.47. The van der Waals surface area contributed by atoms with Gasteiger partial charge in [0.05, 0.1) is 13.2 Å². The molecule has 0 spiro atoms. The van der Waals surface area contributed by atoms with Crippen molar-refractivity contribution in [2.75, 3.05) is 46.6 Å². The Balaban J connectivity index is 1.89. The van der Waals surface area contributed by atoms with E-state index in [1.165, 1.54) is 0 Å². The molecular weight excluding hydrogens is 310 g/mol. The zero-order valence-electron chi connectivity index (χ0n) is 11.4. The summed E-state index contributed by atoms with van der Waals surface area (Å²) in [5.41, 5.74) is 0. The standard InChI is InChI=1S/C14H22BrNO3/c1-17-10-11-18-8-3-6-16-7-9-19-14-5-2-4-13(15)12-14/h2,4-5,12,16H,3,6-11H2,1H3. The maximum atomic E-state index is 5.61. The molecule has 0 radical (unpaired) electrons. The van der Waals surface area contributed by atoms with Crippen LogP contribution in [0.2, 0.25) is 0 Å². The van der Waals surface area contributed by atoms with Crippen molar-refractivity contribution in [1.29, 1.82) is 0 Å². The van der Waals surface area contributed by atoms with E-state index in [9.17, 15) is 0 Å². The zero-order valence-corrected chi connectivity index (χ0v) is 12.9. The van der Waals surface area contributed by atoms with Gasteiger partial charge in [-0.3, -0.25) is 0 Å². The van der Waals surface area contributed by atoms with Gasteiger partial charge < -0.3 is 19.5 Å². The highest BCUT2D eigenvalue weighted by atomic mass is 79.9. The third kappa shape index (κ3) is 8.99. The first-order valence-corrected chi connectivity index (χ1v) is 7.28. The summed E-state index contributed by atoms with van der Waals surface area (Å²) in [6.07, 6.45) is 1.00. The minimum atomic E-state index is 0.661. The van der Waals surface area contributed by atoms with Crippen LogP contribution >= 0.6 is 15.9 Å². The van der Waals surface area contributed by atoms with Gasteiger partial charge in [0.2, 0.25) is 0 Å². The number of methoxy groups -OCH3 is 1. The summed E-state index contributed by atoms with van der Waals surface area (Å²) in [4.78, 5) is 0. The molecule has 0 amide bonds. The molecule has 1 N–H and O–H groups in total. The van der Waals surface area contributed by atoms with Crippen LogP contribution in [-0.2, 0) is 9.47 Å². The number of ether oxygens (including phenoxy) is 3.